The van der Waals surface area contributed by atoms with Crippen LogP contribution in [0.4, 0.5) is 5.69 Å². The van der Waals surface area contributed by atoms with Gasteiger partial charge in [-0.05, 0) is 25.0 Å². The largest absolute Gasteiger partial charge is 0.384 e. The minimum atomic E-state index is 0.213. The van der Waals surface area contributed by atoms with E-state index in [2.05, 4.69) is 24.1 Å². The van der Waals surface area contributed by atoms with Crippen molar-refractivity contribution < 1.29 is 0 Å². The van der Waals surface area contributed by atoms with Crippen LogP contribution in [0.1, 0.15) is 26.7 Å². The topological polar surface area (TPSA) is 24.9 Å². The van der Waals surface area contributed by atoms with Crippen LogP contribution in [0.3, 0.4) is 0 Å². The van der Waals surface area contributed by atoms with E-state index in [0.717, 1.165) is 25.1 Å². The highest BCUT2D eigenvalue weighted by molar-refractivity contribution is 6.18. The number of alkyl halides is 1. The summed E-state index contributed by atoms with van der Waals surface area (Å²) in [6.07, 6.45) is 5.79. The molecule has 0 spiro atoms. The Hall–Kier alpha value is -0.760. The van der Waals surface area contributed by atoms with E-state index >= 15 is 0 Å². The third-order valence-corrected chi connectivity index (χ3v) is 3.70. The summed E-state index contributed by atoms with van der Waals surface area (Å²) in [6, 6.07) is 3.95. The van der Waals surface area contributed by atoms with E-state index in [1.165, 1.54) is 0 Å². The molecule has 15 heavy (non-hydrogen) atoms. The van der Waals surface area contributed by atoms with Crippen molar-refractivity contribution in [3.63, 3.8) is 0 Å². The van der Waals surface area contributed by atoms with E-state index in [9.17, 15) is 0 Å². The lowest BCUT2D eigenvalue weighted by Gasteiger charge is -2.29. The first kappa shape index (κ1) is 12.3. The smallest absolute Gasteiger partial charge is 0.0371 e. The van der Waals surface area contributed by atoms with Gasteiger partial charge in [0.25, 0.3) is 0 Å². The van der Waals surface area contributed by atoms with E-state index in [4.69, 9.17) is 11.6 Å². The van der Waals surface area contributed by atoms with Crippen LogP contribution in [-0.2, 0) is 0 Å². The number of hydrogen-bond donors (Lipinski definition) is 1. The van der Waals surface area contributed by atoms with Gasteiger partial charge < -0.3 is 5.32 Å². The summed E-state index contributed by atoms with van der Waals surface area (Å²) in [4.78, 5) is 3.98. The fraction of sp³-hybridized carbons (Fsp3) is 0.583. The van der Waals surface area contributed by atoms with E-state index in [0.29, 0.717) is 5.88 Å². The fourth-order valence-corrected chi connectivity index (χ4v) is 1.97. The number of rotatable bonds is 6. The highest BCUT2D eigenvalue weighted by atomic mass is 35.5. The molecule has 1 rings (SSSR count). The van der Waals surface area contributed by atoms with Crippen LogP contribution < -0.4 is 5.32 Å². The second-order valence-electron chi connectivity index (χ2n) is 3.93. The average molecular weight is 227 g/mol. The van der Waals surface area contributed by atoms with Gasteiger partial charge in [0.05, 0.1) is 0 Å². The van der Waals surface area contributed by atoms with Crippen molar-refractivity contribution in [3.05, 3.63) is 24.5 Å². The maximum absolute atomic E-state index is 6.04. The van der Waals surface area contributed by atoms with Crippen molar-refractivity contribution in [1.29, 1.82) is 0 Å². The molecule has 0 aliphatic rings. The summed E-state index contributed by atoms with van der Waals surface area (Å²) >= 11 is 6.04. The van der Waals surface area contributed by atoms with Crippen LogP contribution >= 0.6 is 11.6 Å². The minimum absolute atomic E-state index is 0.213. The van der Waals surface area contributed by atoms with Gasteiger partial charge in [0.1, 0.15) is 0 Å². The Balaban J connectivity index is 2.54. The summed E-state index contributed by atoms with van der Waals surface area (Å²) in [7, 11) is 0. The lowest BCUT2D eigenvalue weighted by atomic mass is 9.84. The Kier molecular flexibility index (Phi) is 4.89. The van der Waals surface area contributed by atoms with Gasteiger partial charge in [-0.3, -0.25) is 4.98 Å². The second kappa shape index (κ2) is 5.96. The highest BCUT2D eigenvalue weighted by Gasteiger charge is 2.24. The Morgan fingerprint density at radius 2 is 1.87 bits per heavy atom. The summed E-state index contributed by atoms with van der Waals surface area (Å²) < 4.78 is 0. The lowest BCUT2D eigenvalue weighted by molar-refractivity contribution is 0.327. The molecule has 0 fully saturated rings. The molecule has 2 nitrogen and oxygen atoms in total. The summed E-state index contributed by atoms with van der Waals surface area (Å²) in [5.41, 5.74) is 1.33. The second-order valence-corrected chi connectivity index (χ2v) is 4.20. The van der Waals surface area contributed by atoms with Crippen LogP contribution in [-0.4, -0.2) is 17.4 Å². The molecule has 1 N–H and O–H groups in total. The zero-order chi connectivity index (χ0) is 11.1. The molecule has 84 valence electrons. The van der Waals surface area contributed by atoms with E-state index < -0.39 is 0 Å². The predicted molar refractivity (Wildman–Crippen MR) is 66.5 cm³/mol. The van der Waals surface area contributed by atoms with Gasteiger partial charge in [0, 0.05) is 35.9 Å². The van der Waals surface area contributed by atoms with E-state index in [1.54, 1.807) is 12.4 Å². The van der Waals surface area contributed by atoms with Crippen molar-refractivity contribution in [2.45, 2.75) is 26.7 Å². The maximum Gasteiger partial charge on any atom is 0.0371 e. The molecule has 0 bridgehead atoms. The SMILES string of the molecule is CCC(CC)(CCl)CNc1ccncc1. The molecule has 0 aliphatic heterocycles. The maximum atomic E-state index is 6.04. The van der Waals surface area contributed by atoms with Gasteiger partial charge in [-0.2, -0.15) is 0 Å². The van der Waals surface area contributed by atoms with Crippen LogP contribution in [0.15, 0.2) is 24.5 Å². The standard InChI is InChI=1S/C12H19ClN2/c1-3-12(4-2,9-13)10-15-11-5-7-14-8-6-11/h5-8H,3-4,9-10H2,1-2H3,(H,14,15). The first-order chi connectivity index (χ1) is 7.26. The number of hydrogen-bond acceptors (Lipinski definition) is 2. The molecule has 1 aromatic heterocycles. The number of nitrogens with one attached hydrogen (secondary N) is 1. The molecule has 3 heteroatoms. The minimum Gasteiger partial charge on any atom is -0.384 e. The van der Waals surface area contributed by atoms with Gasteiger partial charge in [-0.25, -0.2) is 0 Å². The summed E-state index contributed by atoms with van der Waals surface area (Å²) in [5, 5.41) is 3.41. The third-order valence-electron chi connectivity index (χ3n) is 3.13. The molecule has 0 saturated carbocycles. The molecule has 0 aliphatic carbocycles. The fourth-order valence-electron chi connectivity index (χ4n) is 1.50. The number of pyridine rings is 1. The van der Waals surface area contributed by atoms with Crippen LogP contribution in [0.5, 0.6) is 0 Å². The van der Waals surface area contributed by atoms with Gasteiger partial charge in [0.2, 0.25) is 0 Å². The van der Waals surface area contributed by atoms with Crippen molar-refractivity contribution in [2.24, 2.45) is 5.41 Å². The van der Waals surface area contributed by atoms with Crippen molar-refractivity contribution >= 4 is 17.3 Å². The predicted octanol–water partition coefficient (Wildman–Crippen LogP) is 3.54. The third kappa shape index (κ3) is 3.38. The van der Waals surface area contributed by atoms with Gasteiger partial charge in [-0.15, -0.1) is 11.6 Å². The van der Waals surface area contributed by atoms with E-state index in [1.807, 2.05) is 12.1 Å². The van der Waals surface area contributed by atoms with Crippen LogP contribution in [0, 0.1) is 5.41 Å². The number of anilines is 1. The zero-order valence-corrected chi connectivity index (χ0v) is 10.2. The molecule has 0 unspecified atom stereocenters. The van der Waals surface area contributed by atoms with Crippen LogP contribution in [0.2, 0.25) is 0 Å². The Morgan fingerprint density at radius 1 is 1.27 bits per heavy atom. The molecule has 0 atom stereocenters. The Bertz CT molecular complexity index is 262. The Labute approximate surface area is 97.1 Å². The molecule has 0 amide bonds. The number of halogens is 1. The van der Waals surface area contributed by atoms with Gasteiger partial charge >= 0.3 is 0 Å². The molecular weight excluding hydrogens is 208 g/mol. The van der Waals surface area contributed by atoms with Crippen molar-refractivity contribution in [1.82, 2.24) is 4.98 Å². The number of nitrogens with zero attached hydrogens (tertiary/aromatic N) is 1. The monoisotopic (exact) mass is 226 g/mol. The molecular formula is C12H19ClN2. The van der Waals surface area contributed by atoms with Gasteiger partial charge in [-0.1, -0.05) is 13.8 Å². The molecule has 1 aromatic rings. The van der Waals surface area contributed by atoms with Crippen LogP contribution in [0.25, 0.3) is 0 Å². The molecule has 1 heterocycles. The normalized spacial score (nSPS) is 11.4. The van der Waals surface area contributed by atoms with Crippen molar-refractivity contribution in [2.75, 3.05) is 17.7 Å². The van der Waals surface area contributed by atoms with Crippen molar-refractivity contribution in [3.8, 4) is 0 Å². The summed E-state index contributed by atoms with van der Waals surface area (Å²) in [5.74, 6) is 0.706. The first-order valence-electron chi connectivity index (χ1n) is 5.46. The van der Waals surface area contributed by atoms with Gasteiger partial charge in [0.15, 0.2) is 0 Å². The van der Waals surface area contributed by atoms with E-state index in [-0.39, 0.29) is 5.41 Å². The number of aromatic nitrogens is 1. The average Bonchev–Trinajstić information content (AvgIpc) is 2.33. The Morgan fingerprint density at radius 3 is 2.33 bits per heavy atom. The quantitative estimate of drug-likeness (QED) is 0.751. The molecule has 0 saturated heterocycles. The molecule has 0 aromatic carbocycles. The summed E-state index contributed by atoms with van der Waals surface area (Å²) in [6.45, 7) is 5.31. The molecule has 0 radical (unpaired) electrons. The highest BCUT2D eigenvalue weighted by Crippen LogP contribution is 2.28. The zero-order valence-electron chi connectivity index (χ0n) is 9.46. The lowest BCUT2D eigenvalue weighted by Crippen LogP contribution is -2.30. The first-order valence-corrected chi connectivity index (χ1v) is 5.99.